The Bertz CT molecular complexity index is 609. The molecule has 0 radical (unpaired) electrons. The third-order valence-corrected chi connectivity index (χ3v) is 3.72. The van der Waals surface area contributed by atoms with Crippen molar-refractivity contribution in [3.8, 4) is 11.8 Å². The lowest BCUT2D eigenvalue weighted by Crippen LogP contribution is -2.35. The Hall–Kier alpha value is -1.52. The van der Waals surface area contributed by atoms with Gasteiger partial charge in [-0.15, -0.1) is 4.83 Å². The summed E-state index contributed by atoms with van der Waals surface area (Å²) >= 11 is 1.26. The third kappa shape index (κ3) is 6.19. The number of rotatable bonds is 7. The van der Waals surface area contributed by atoms with Gasteiger partial charge in [-0.05, 0) is 13.8 Å². The van der Waals surface area contributed by atoms with E-state index in [9.17, 15) is 8.42 Å². The van der Waals surface area contributed by atoms with E-state index >= 15 is 0 Å². The molecule has 0 saturated heterocycles. The van der Waals surface area contributed by atoms with Crippen LogP contribution < -0.4 is 19.7 Å². The molecule has 1 rings (SSSR count). The van der Waals surface area contributed by atoms with Crippen LogP contribution in [0.25, 0.3) is 0 Å². The minimum absolute atomic E-state index is 0.386. The zero-order chi connectivity index (χ0) is 16.0. The van der Waals surface area contributed by atoms with Crippen molar-refractivity contribution < 1.29 is 17.9 Å². The Kier molecular flexibility index (Phi) is 6.24. The topological polar surface area (TPSA) is 102 Å². The van der Waals surface area contributed by atoms with Gasteiger partial charge in [0.15, 0.2) is 5.16 Å². The van der Waals surface area contributed by atoms with E-state index in [0.717, 1.165) is 11.2 Å². The van der Waals surface area contributed by atoms with E-state index in [1.165, 1.54) is 26.0 Å². The fourth-order valence-corrected chi connectivity index (χ4v) is 2.20. The zero-order valence-corrected chi connectivity index (χ0v) is 14.1. The molecule has 1 aromatic rings. The molecule has 0 spiro atoms. The predicted octanol–water partition coefficient (Wildman–Crippen LogP) is 0.891. The number of thioether (sulfide) groups is 1. The van der Waals surface area contributed by atoms with Crippen LogP contribution in [-0.2, 0) is 10.0 Å². The van der Waals surface area contributed by atoms with Gasteiger partial charge in [0.25, 0.3) is 0 Å². The summed E-state index contributed by atoms with van der Waals surface area (Å²) in [5.74, 6) is 0.772. The highest BCUT2D eigenvalue weighted by atomic mass is 32.2. The molecule has 1 heterocycles. The third-order valence-electron chi connectivity index (χ3n) is 2.27. The van der Waals surface area contributed by atoms with Crippen molar-refractivity contribution in [2.75, 3.05) is 20.5 Å². The fourth-order valence-electron chi connectivity index (χ4n) is 1.11. The molecule has 0 atom stereocenters. The first-order valence-electron chi connectivity index (χ1n) is 5.80. The van der Waals surface area contributed by atoms with Gasteiger partial charge in [-0.1, -0.05) is 11.8 Å². The molecule has 0 bridgehead atoms. The van der Waals surface area contributed by atoms with Gasteiger partial charge in [0.1, 0.15) is 0 Å². The molecule has 1 aromatic heterocycles. The Morgan fingerprint density at radius 2 is 1.71 bits per heavy atom. The monoisotopic (exact) mass is 334 g/mol. The molecule has 0 amide bonds. The van der Waals surface area contributed by atoms with Crippen molar-refractivity contribution in [1.29, 1.82) is 0 Å². The molecule has 0 fully saturated rings. The summed E-state index contributed by atoms with van der Waals surface area (Å²) in [5, 5.41) is 0.434. The van der Waals surface area contributed by atoms with Crippen molar-refractivity contribution in [1.82, 2.24) is 20.2 Å². The summed E-state index contributed by atoms with van der Waals surface area (Å²) in [6, 6.07) is 1.57. The fraction of sp³-hybridized carbons (Fsp3) is 0.455. The van der Waals surface area contributed by atoms with Crippen LogP contribution in [0.5, 0.6) is 11.8 Å². The highest BCUT2D eigenvalue weighted by Gasteiger charge is 2.09. The molecule has 0 aliphatic heterocycles. The number of hydrazine groups is 1. The SMILES string of the molecule is COc1cc(OC)nc(SC(C)=C(C)NNS(C)(=O)=O)n1. The maximum atomic E-state index is 11.0. The summed E-state index contributed by atoms with van der Waals surface area (Å²) in [6.45, 7) is 3.55. The highest BCUT2D eigenvalue weighted by Crippen LogP contribution is 2.28. The van der Waals surface area contributed by atoms with Crippen molar-refractivity contribution in [3.05, 3.63) is 16.7 Å². The highest BCUT2D eigenvalue weighted by molar-refractivity contribution is 8.02. The Morgan fingerprint density at radius 3 is 2.14 bits per heavy atom. The van der Waals surface area contributed by atoms with Crippen LogP contribution in [0.4, 0.5) is 0 Å². The first-order valence-corrected chi connectivity index (χ1v) is 8.51. The molecule has 0 aromatic carbocycles. The van der Waals surface area contributed by atoms with Gasteiger partial charge in [0.2, 0.25) is 21.8 Å². The zero-order valence-electron chi connectivity index (χ0n) is 12.4. The second kappa shape index (κ2) is 7.48. The number of nitrogens with one attached hydrogen (secondary N) is 2. The van der Waals surface area contributed by atoms with E-state index in [2.05, 4.69) is 20.2 Å². The van der Waals surface area contributed by atoms with Crippen molar-refractivity contribution in [2.45, 2.75) is 19.0 Å². The van der Waals surface area contributed by atoms with Gasteiger partial charge >= 0.3 is 0 Å². The van der Waals surface area contributed by atoms with Crippen LogP contribution in [-0.4, -0.2) is 38.9 Å². The number of aromatic nitrogens is 2. The Morgan fingerprint density at radius 1 is 1.19 bits per heavy atom. The number of hydrogen-bond donors (Lipinski definition) is 2. The Balaban J connectivity index is 2.88. The molecule has 0 aliphatic carbocycles. The second-order valence-corrected chi connectivity index (χ2v) is 6.95. The average molecular weight is 334 g/mol. The quantitative estimate of drug-likeness (QED) is 0.430. The van der Waals surface area contributed by atoms with E-state index in [-0.39, 0.29) is 0 Å². The van der Waals surface area contributed by atoms with Gasteiger partial charge < -0.3 is 14.9 Å². The summed E-state index contributed by atoms with van der Waals surface area (Å²) < 4.78 is 32.2. The Labute approximate surface area is 128 Å². The maximum Gasteiger partial charge on any atom is 0.225 e. The standard InChI is InChI=1S/C11H18N4O4S2/c1-7(14-15-21(5,16)17)8(2)20-11-12-9(18-3)6-10(13-11)19-4/h6,14-15H,1-5H3. The molecule has 8 nitrogen and oxygen atoms in total. The molecule has 118 valence electrons. The lowest BCUT2D eigenvalue weighted by Gasteiger charge is -2.10. The predicted molar refractivity (Wildman–Crippen MR) is 80.5 cm³/mol. The second-order valence-electron chi connectivity index (χ2n) is 4.02. The number of sulfonamides is 1. The van der Waals surface area contributed by atoms with Crippen LogP contribution in [0.2, 0.25) is 0 Å². The van der Waals surface area contributed by atoms with Gasteiger partial charge in [-0.25, -0.2) is 8.42 Å². The summed E-state index contributed by atoms with van der Waals surface area (Å²) in [7, 11) is -0.319. The summed E-state index contributed by atoms with van der Waals surface area (Å²) in [5.41, 5.74) is 3.24. The van der Waals surface area contributed by atoms with E-state index in [1.807, 2.05) is 6.92 Å². The van der Waals surface area contributed by atoms with E-state index < -0.39 is 10.0 Å². The van der Waals surface area contributed by atoms with Gasteiger partial charge in [-0.2, -0.15) is 9.97 Å². The first-order chi connectivity index (χ1) is 9.75. The average Bonchev–Trinajstić information content (AvgIpc) is 2.43. The number of ether oxygens (including phenoxy) is 2. The number of methoxy groups -OCH3 is 2. The number of nitrogens with zero attached hydrogens (tertiary/aromatic N) is 2. The lowest BCUT2D eigenvalue weighted by molar-refractivity contribution is 0.364. The molecule has 21 heavy (non-hydrogen) atoms. The van der Waals surface area contributed by atoms with Crippen LogP contribution in [0, 0.1) is 0 Å². The first kappa shape index (κ1) is 17.5. The molecule has 2 N–H and O–H groups in total. The van der Waals surface area contributed by atoms with Crippen molar-refractivity contribution in [3.63, 3.8) is 0 Å². The number of hydrogen-bond acceptors (Lipinski definition) is 8. The van der Waals surface area contributed by atoms with Gasteiger partial charge in [0, 0.05) is 10.6 Å². The normalized spacial score (nSPS) is 12.6. The molecular weight excluding hydrogens is 316 g/mol. The van der Waals surface area contributed by atoms with Gasteiger partial charge in [-0.3, -0.25) is 0 Å². The van der Waals surface area contributed by atoms with Gasteiger partial charge in [0.05, 0.1) is 26.5 Å². The van der Waals surface area contributed by atoms with E-state index in [1.54, 1.807) is 13.0 Å². The molecule has 10 heteroatoms. The molecule has 0 saturated carbocycles. The van der Waals surface area contributed by atoms with Crippen molar-refractivity contribution >= 4 is 21.8 Å². The van der Waals surface area contributed by atoms with E-state index in [4.69, 9.17) is 9.47 Å². The summed E-state index contributed by atoms with van der Waals surface area (Å²) in [6.07, 6.45) is 1.06. The smallest absolute Gasteiger partial charge is 0.225 e. The van der Waals surface area contributed by atoms with Crippen LogP contribution in [0.1, 0.15) is 13.8 Å². The van der Waals surface area contributed by atoms with Crippen LogP contribution >= 0.6 is 11.8 Å². The minimum Gasteiger partial charge on any atom is -0.481 e. The number of allylic oxidation sites excluding steroid dienone is 2. The largest absolute Gasteiger partial charge is 0.481 e. The van der Waals surface area contributed by atoms with E-state index in [0.29, 0.717) is 22.6 Å². The molecular formula is C11H18N4O4S2. The minimum atomic E-state index is -3.32. The maximum absolute atomic E-state index is 11.0. The van der Waals surface area contributed by atoms with Crippen molar-refractivity contribution in [2.24, 2.45) is 0 Å². The molecule has 0 aliphatic rings. The lowest BCUT2D eigenvalue weighted by atomic mass is 10.5. The van der Waals surface area contributed by atoms with Crippen LogP contribution in [0.3, 0.4) is 0 Å². The van der Waals surface area contributed by atoms with Crippen LogP contribution in [0.15, 0.2) is 21.8 Å². The molecule has 0 unspecified atom stereocenters. The summed E-state index contributed by atoms with van der Waals surface area (Å²) in [4.78, 5) is 11.3.